The van der Waals surface area contributed by atoms with Gasteiger partial charge in [0, 0.05) is 6.10 Å². The van der Waals surface area contributed by atoms with Gasteiger partial charge in [-0.1, -0.05) is 64.4 Å². The molecule has 2 heterocycles. The standard InChI is InChI=1S/C21H38BO2Si/c1-6-21(23-2)22(17-11-9-12-18(22)14-10-13-17)19-15-7-8-16-20(19)24-25(3,4)5/h17-20H,1,7-16H2,2-5H3/q-1/t17?,18?,19-,20-,22?/m1/s1. The van der Waals surface area contributed by atoms with Crippen molar-refractivity contribution in [2.45, 2.75) is 107 Å². The van der Waals surface area contributed by atoms with E-state index in [1.807, 2.05) is 7.11 Å². The van der Waals surface area contributed by atoms with Crippen molar-refractivity contribution in [2.75, 3.05) is 7.11 Å². The normalized spacial score (nSPS) is 38.7. The average molecular weight is 361 g/mol. The molecule has 0 amide bonds. The van der Waals surface area contributed by atoms with Crippen molar-refractivity contribution in [1.29, 1.82) is 0 Å². The largest absolute Gasteiger partial charge is 0.535 e. The van der Waals surface area contributed by atoms with Gasteiger partial charge in [-0.25, -0.2) is 0 Å². The number of methoxy groups -OCH3 is 1. The zero-order valence-electron chi connectivity index (χ0n) is 17.0. The van der Waals surface area contributed by atoms with Crippen LogP contribution in [0.3, 0.4) is 0 Å². The fourth-order valence-corrected chi connectivity index (χ4v) is 8.39. The Morgan fingerprint density at radius 2 is 1.48 bits per heavy atom. The Hall–Kier alpha value is -0.438. The zero-order chi connectivity index (χ0) is 18.1. The maximum absolute atomic E-state index is 6.81. The van der Waals surface area contributed by atoms with E-state index in [2.05, 4.69) is 32.0 Å². The minimum Gasteiger partial charge on any atom is -0.535 e. The molecular formula is C21H38BO2Si-. The van der Waals surface area contributed by atoms with Crippen molar-refractivity contribution in [3.63, 3.8) is 0 Å². The molecule has 2 bridgehead atoms. The van der Waals surface area contributed by atoms with Gasteiger partial charge in [-0.3, -0.25) is 0 Å². The van der Waals surface area contributed by atoms with Crippen LogP contribution in [0, 0.1) is 0 Å². The molecule has 3 rings (SSSR count). The van der Waals surface area contributed by atoms with Crippen LogP contribution in [0.2, 0.25) is 37.1 Å². The number of hydrogen-bond acceptors (Lipinski definition) is 2. The van der Waals surface area contributed by atoms with E-state index in [4.69, 9.17) is 9.16 Å². The van der Waals surface area contributed by atoms with Gasteiger partial charge in [0.25, 0.3) is 0 Å². The third-order valence-corrected chi connectivity index (χ3v) is 8.68. The number of hydrogen-bond donors (Lipinski definition) is 0. The van der Waals surface area contributed by atoms with Crippen molar-refractivity contribution < 1.29 is 9.16 Å². The second-order valence-corrected chi connectivity index (χ2v) is 14.4. The highest BCUT2D eigenvalue weighted by molar-refractivity contribution is 6.90. The van der Waals surface area contributed by atoms with Crippen LogP contribution in [-0.2, 0) is 9.16 Å². The van der Waals surface area contributed by atoms with Crippen LogP contribution in [0.25, 0.3) is 0 Å². The predicted molar refractivity (Wildman–Crippen MR) is 111 cm³/mol. The van der Waals surface area contributed by atoms with E-state index in [9.17, 15) is 0 Å². The highest BCUT2D eigenvalue weighted by Gasteiger charge is 2.54. The molecule has 0 spiro atoms. The summed E-state index contributed by atoms with van der Waals surface area (Å²) in [5.74, 6) is 2.25. The number of ether oxygens (including phenoxy) is 1. The van der Waals surface area contributed by atoms with Crippen LogP contribution >= 0.6 is 0 Å². The van der Waals surface area contributed by atoms with Gasteiger partial charge in [0.2, 0.25) is 0 Å². The van der Waals surface area contributed by atoms with Crippen LogP contribution in [-0.4, -0.2) is 27.7 Å². The monoisotopic (exact) mass is 361 g/mol. The van der Waals surface area contributed by atoms with Gasteiger partial charge in [-0.15, -0.1) is 11.5 Å². The van der Waals surface area contributed by atoms with Gasteiger partial charge in [-0.05, 0) is 31.7 Å². The third kappa shape index (κ3) is 3.55. The van der Waals surface area contributed by atoms with Crippen molar-refractivity contribution in [2.24, 2.45) is 0 Å². The molecule has 3 aliphatic rings. The summed E-state index contributed by atoms with van der Waals surface area (Å²) < 4.78 is 12.8. The van der Waals surface area contributed by atoms with Crippen molar-refractivity contribution in [3.05, 3.63) is 18.0 Å². The van der Waals surface area contributed by atoms with Gasteiger partial charge >= 0.3 is 0 Å². The molecule has 3 fully saturated rings. The minimum absolute atomic E-state index is 0.431. The molecule has 1 aliphatic carbocycles. The minimum atomic E-state index is -1.55. The van der Waals surface area contributed by atoms with E-state index >= 15 is 0 Å². The summed E-state index contributed by atoms with van der Waals surface area (Å²) in [5, 5.41) is 0. The quantitative estimate of drug-likeness (QED) is 0.313. The van der Waals surface area contributed by atoms with E-state index in [0.717, 1.165) is 17.3 Å². The summed E-state index contributed by atoms with van der Waals surface area (Å²) in [7, 11) is 0.309. The molecule has 25 heavy (non-hydrogen) atoms. The molecular weight excluding hydrogens is 323 g/mol. The lowest BCUT2D eigenvalue weighted by molar-refractivity contribution is 0.138. The van der Waals surface area contributed by atoms with Crippen LogP contribution in [0.15, 0.2) is 18.0 Å². The molecule has 4 heteroatoms. The first-order chi connectivity index (χ1) is 11.9. The second kappa shape index (κ2) is 7.66. The molecule has 2 saturated heterocycles. The van der Waals surface area contributed by atoms with Gasteiger partial charge < -0.3 is 9.16 Å². The summed E-state index contributed by atoms with van der Waals surface area (Å²) >= 11 is 0. The second-order valence-electron chi connectivity index (χ2n) is 9.92. The summed E-state index contributed by atoms with van der Waals surface area (Å²) in [4.78, 5) is 0. The number of rotatable bonds is 5. The first kappa shape index (κ1) is 19.3. The maximum Gasteiger partial charge on any atom is 0.183 e. The molecule has 142 valence electrons. The molecule has 2 atom stereocenters. The number of fused-ring (bicyclic) bond motifs is 2. The molecule has 0 N–H and O–H groups in total. The molecule has 0 radical (unpaired) electrons. The van der Waals surface area contributed by atoms with Gasteiger partial charge in [0.05, 0.1) is 13.3 Å². The van der Waals surface area contributed by atoms with Crippen LogP contribution in [0.5, 0.6) is 0 Å². The summed E-state index contributed by atoms with van der Waals surface area (Å²) in [6, 6.07) is 0. The van der Waals surface area contributed by atoms with Gasteiger partial charge in [0.15, 0.2) is 8.32 Å². The Kier molecular flexibility index (Phi) is 5.92. The smallest absolute Gasteiger partial charge is 0.183 e. The molecule has 0 aromatic carbocycles. The lowest BCUT2D eigenvalue weighted by Crippen LogP contribution is -2.59. The summed E-state index contributed by atoms with van der Waals surface area (Å²) in [6.07, 6.45) is 13.2. The lowest BCUT2D eigenvalue weighted by Gasteiger charge is -2.65. The Bertz CT molecular complexity index is 498. The van der Waals surface area contributed by atoms with Gasteiger partial charge in [-0.2, -0.15) is 11.6 Å². The SMILES string of the molecule is C=C=C(OC)[B-]1([C@@H]2CCCC[C@H]2O[Si](C)(C)C)C2CCCC1CCC2. The van der Waals surface area contributed by atoms with Crippen LogP contribution < -0.4 is 0 Å². The summed E-state index contributed by atoms with van der Waals surface area (Å²) in [6.45, 7) is 11.1. The Morgan fingerprint density at radius 3 is 1.96 bits per heavy atom. The van der Waals surface area contributed by atoms with E-state index in [1.165, 1.54) is 64.2 Å². The Balaban J connectivity index is 2.05. The van der Waals surface area contributed by atoms with Crippen molar-refractivity contribution in [3.8, 4) is 0 Å². The Morgan fingerprint density at radius 1 is 0.920 bits per heavy atom. The highest BCUT2D eigenvalue weighted by atomic mass is 28.4. The first-order valence-electron chi connectivity index (χ1n) is 10.7. The summed E-state index contributed by atoms with van der Waals surface area (Å²) in [5.41, 5.74) is 4.43. The first-order valence-corrected chi connectivity index (χ1v) is 14.1. The van der Waals surface area contributed by atoms with Crippen molar-refractivity contribution >= 4 is 14.5 Å². The van der Waals surface area contributed by atoms with Gasteiger partial charge in [0.1, 0.15) is 0 Å². The van der Waals surface area contributed by atoms with Crippen LogP contribution in [0.4, 0.5) is 0 Å². The average Bonchev–Trinajstić information content (AvgIpc) is 2.54. The van der Waals surface area contributed by atoms with E-state index in [-0.39, 0.29) is 0 Å². The fraction of sp³-hybridized carbons (Fsp3) is 0.857. The van der Waals surface area contributed by atoms with E-state index < -0.39 is 14.5 Å². The predicted octanol–water partition coefficient (Wildman–Crippen LogP) is 6.56. The Labute approximate surface area is 156 Å². The topological polar surface area (TPSA) is 18.5 Å². The third-order valence-electron chi connectivity index (χ3n) is 7.68. The molecule has 2 aliphatic heterocycles. The maximum atomic E-state index is 6.81. The van der Waals surface area contributed by atoms with Crippen molar-refractivity contribution in [1.82, 2.24) is 0 Å². The molecule has 1 saturated carbocycles. The molecule has 0 unspecified atom stereocenters. The molecule has 2 nitrogen and oxygen atoms in total. The fourth-order valence-electron chi connectivity index (χ4n) is 7.19. The molecule has 0 aromatic heterocycles. The lowest BCUT2D eigenvalue weighted by atomic mass is 9.03. The van der Waals surface area contributed by atoms with E-state index in [1.54, 1.807) is 0 Å². The van der Waals surface area contributed by atoms with E-state index in [0.29, 0.717) is 11.9 Å². The highest BCUT2D eigenvalue weighted by Crippen LogP contribution is 2.63. The zero-order valence-corrected chi connectivity index (χ0v) is 18.0. The molecule has 0 aromatic rings. The van der Waals surface area contributed by atoms with Crippen LogP contribution in [0.1, 0.15) is 64.2 Å².